The molecule has 1 N–H and O–H groups in total. The van der Waals surface area contributed by atoms with Gasteiger partial charge < -0.3 is 19.3 Å². The zero-order valence-electron chi connectivity index (χ0n) is 13.2. The average molecular weight is 318 g/mol. The number of hydrogen-bond acceptors (Lipinski definition) is 6. The van der Waals surface area contributed by atoms with Crippen molar-refractivity contribution < 1.29 is 33.7 Å². The second kappa shape index (κ2) is 14.2. The van der Waals surface area contributed by atoms with E-state index in [4.69, 9.17) is 5.11 Å². The first-order valence-electron chi connectivity index (χ1n) is 7.85. The highest BCUT2D eigenvalue weighted by atomic mass is 16.8. The Bertz CT molecular complexity index is 328. The summed E-state index contributed by atoms with van der Waals surface area (Å²) >= 11 is 0. The minimum atomic E-state index is -1.84. The van der Waals surface area contributed by atoms with Crippen LogP contribution in [0.25, 0.3) is 0 Å². The third-order valence-corrected chi connectivity index (χ3v) is 3.06. The molecule has 7 nitrogen and oxygen atoms in total. The largest absolute Gasteiger partial charge is 0.528 e. The Balaban J connectivity index is 3.30. The van der Waals surface area contributed by atoms with Crippen LogP contribution in [-0.4, -0.2) is 30.2 Å². The lowest BCUT2D eigenvalue weighted by molar-refractivity contribution is 0.0385. The van der Waals surface area contributed by atoms with E-state index in [-0.39, 0.29) is 6.61 Å². The van der Waals surface area contributed by atoms with Gasteiger partial charge in [0.1, 0.15) is 0 Å². The molecule has 0 spiro atoms. The Labute approximate surface area is 130 Å². The number of carbonyl (C=O) groups excluding carboxylic acids is 2. The van der Waals surface area contributed by atoms with Gasteiger partial charge in [-0.25, -0.2) is 14.4 Å². The van der Waals surface area contributed by atoms with Gasteiger partial charge in [0.05, 0.1) is 6.61 Å². The van der Waals surface area contributed by atoms with E-state index in [0.29, 0.717) is 6.42 Å². The van der Waals surface area contributed by atoms with E-state index in [1.807, 2.05) is 0 Å². The third-order valence-electron chi connectivity index (χ3n) is 3.06. The Morgan fingerprint density at radius 2 is 1.23 bits per heavy atom. The maximum atomic E-state index is 11.0. The molecule has 0 amide bonds. The number of hydrogen-bond donors (Lipinski definition) is 1. The topological polar surface area (TPSA) is 99.1 Å². The van der Waals surface area contributed by atoms with E-state index in [0.717, 1.165) is 12.8 Å². The molecule has 7 heteroatoms. The molecule has 22 heavy (non-hydrogen) atoms. The van der Waals surface area contributed by atoms with Gasteiger partial charge in [0.15, 0.2) is 0 Å². The molecule has 0 unspecified atom stereocenters. The van der Waals surface area contributed by atoms with Crippen molar-refractivity contribution in [3.05, 3.63) is 0 Å². The lowest BCUT2D eigenvalue weighted by Crippen LogP contribution is -2.17. The molecule has 0 radical (unpaired) electrons. The highest BCUT2D eigenvalue weighted by Gasteiger charge is 2.16. The van der Waals surface area contributed by atoms with Crippen LogP contribution in [0.2, 0.25) is 0 Å². The van der Waals surface area contributed by atoms with Crippen molar-refractivity contribution in [3.8, 4) is 0 Å². The molecule has 0 saturated carbocycles. The molecular formula is C15H26O7. The predicted molar refractivity (Wildman–Crippen MR) is 78.8 cm³/mol. The molecule has 0 aliphatic heterocycles. The van der Waals surface area contributed by atoms with E-state index in [9.17, 15) is 14.4 Å². The van der Waals surface area contributed by atoms with Crippen LogP contribution in [0.1, 0.15) is 71.1 Å². The fraction of sp³-hybridized carbons (Fsp3) is 0.800. The van der Waals surface area contributed by atoms with Crippen LogP contribution < -0.4 is 0 Å². The van der Waals surface area contributed by atoms with Crippen molar-refractivity contribution in [3.63, 3.8) is 0 Å². The maximum absolute atomic E-state index is 11.0. The zero-order valence-corrected chi connectivity index (χ0v) is 13.2. The summed E-state index contributed by atoms with van der Waals surface area (Å²) in [5, 5.41) is 8.10. The summed E-state index contributed by atoms with van der Waals surface area (Å²) in [6.07, 6.45) is 6.85. The lowest BCUT2D eigenvalue weighted by atomic mass is 10.1. The Morgan fingerprint density at radius 3 is 1.73 bits per heavy atom. The van der Waals surface area contributed by atoms with Gasteiger partial charge in [0, 0.05) is 0 Å². The molecule has 0 rings (SSSR count). The van der Waals surface area contributed by atoms with Gasteiger partial charge in [-0.1, -0.05) is 64.7 Å². The Kier molecular flexibility index (Phi) is 13.0. The van der Waals surface area contributed by atoms with Gasteiger partial charge in [-0.05, 0) is 6.42 Å². The van der Waals surface area contributed by atoms with E-state index in [1.165, 1.54) is 44.9 Å². The average Bonchev–Trinajstić information content (AvgIpc) is 2.43. The highest BCUT2D eigenvalue weighted by Crippen LogP contribution is 2.10. The predicted octanol–water partition coefficient (Wildman–Crippen LogP) is 4.88. The van der Waals surface area contributed by atoms with Crippen LogP contribution in [0.15, 0.2) is 0 Å². The van der Waals surface area contributed by atoms with E-state index < -0.39 is 18.5 Å². The molecule has 0 heterocycles. The molecule has 0 saturated heterocycles. The molecule has 128 valence electrons. The van der Waals surface area contributed by atoms with Gasteiger partial charge in [0.25, 0.3) is 0 Å². The summed E-state index contributed by atoms with van der Waals surface area (Å²) in [6, 6.07) is 0. The first-order valence-corrected chi connectivity index (χ1v) is 7.85. The normalized spacial score (nSPS) is 10.0. The third kappa shape index (κ3) is 14.6. The molecule has 0 fully saturated rings. The summed E-state index contributed by atoms with van der Waals surface area (Å²) in [6.45, 7) is 2.34. The summed E-state index contributed by atoms with van der Waals surface area (Å²) in [7, 11) is 0. The van der Waals surface area contributed by atoms with Crippen molar-refractivity contribution >= 4 is 18.5 Å². The van der Waals surface area contributed by atoms with Crippen molar-refractivity contribution in [2.45, 2.75) is 71.1 Å². The molecule has 0 aromatic heterocycles. The summed E-state index contributed by atoms with van der Waals surface area (Å²) in [5.41, 5.74) is 0. The maximum Gasteiger partial charge on any atom is 0.528 e. The molecule has 0 aromatic rings. The van der Waals surface area contributed by atoms with Gasteiger partial charge in [-0.2, -0.15) is 0 Å². The van der Waals surface area contributed by atoms with Crippen LogP contribution in [0.3, 0.4) is 0 Å². The van der Waals surface area contributed by atoms with Crippen LogP contribution in [-0.2, 0) is 14.2 Å². The number of unbranched alkanes of at least 4 members (excludes halogenated alkanes) is 9. The van der Waals surface area contributed by atoms with Gasteiger partial charge >= 0.3 is 18.5 Å². The molecule has 0 bridgehead atoms. The van der Waals surface area contributed by atoms with Crippen molar-refractivity contribution in [1.29, 1.82) is 0 Å². The van der Waals surface area contributed by atoms with Gasteiger partial charge in [-0.3, -0.25) is 0 Å². The fourth-order valence-electron chi connectivity index (χ4n) is 1.93. The van der Waals surface area contributed by atoms with Crippen LogP contribution in [0.5, 0.6) is 0 Å². The quantitative estimate of drug-likeness (QED) is 0.329. The monoisotopic (exact) mass is 318 g/mol. The first kappa shape index (κ1) is 20.2. The smallest absolute Gasteiger partial charge is 0.449 e. The van der Waals surface area contributed by atoms with Gasteiger partial charge in [-0.15, -0.1) is 0 Å². The number of ether oxygens (including phenoxy) is 3. The van der Waals surface area contributed by atoms with Crippen molar-refractivity contribution in [1.82, 2.24) is 0 Å². The number of carboxylic acid groups (broad SMARTS) is 1. The van der Waals surface area contributed by atoms with E-state index >= 15 is 0 Å². The highest BCUT2D eigenvalue weighted by molar-refractivity contribution is 5.83. The number of rotatable bonds is 11. The fourth-order valence-corrected chi connectivity index (χ4v) is 1.93. The minimum Gasteiger partial charge on any atom is -0.449 e. The number of carbonyl (C=O) groups is 3. The van der Waals surface area contributed by atoms with E-state index in [2.05, 4.69) is 21.1 Å². The summed E-state index contributed by atoms with van der Waals surface area (Å²) in [5.74, 6) is 0. The lowest BCUT2D eigenvalue weighted by Gasteiger charge is -2.04. The summed E-state index contributed by atoms with van der Waals surface area (Å²) in [4.78, 5) is 31.6. The molecule has 0 atom stereocenters. The minimum absolute atomic E-state index is 0.135. The Hall–Kier alpha value is -1.79. The van der Waals surface area contributed by atoms with Crippen LogP contribution >= 0.6 is 0 Å². The van der Waals surface area contributed by atoms with Crippen LogP contribution in [0.4, 0.5) is 14.4 Å². The second-order valence-corrected chi connectivity index (χ2v) is 5.00. The second-order valence-electron chi connectivity index (χ2n) is 5.00. The summed E-state index contributed by atoms with van der Waals surface area (Å²) < 4.78 is 12.1. The standard InChI is InChI=1S/C15H26O7/c1-2-3-4-5-6-7-8-9-10-11-12-20-14(18)22-15(19)21-13(16)17/h2-12H2,1H3,(H,16,17). The SMILES string of the molecule is CCCCCCCCCCCCOC(=O)OC(=O)OC(=O)O. The first-order chi connectivity index (χ1) is 10.6. The van der Waals surface area contributed by atoms with Crippen molar-refractivity contribution in [2.24, 2.45) is 0 Å². The Morgan fingerprint density at radius 1 is 0.727 bits per heavy atom. The van der Waals surface area contributed by atoms with Crippen LogP contribution in [0, 0.1) is 0 Å². The van der Waals surface area contributed by atoms with Gasteiger partial charge in [0.2, 0.25) is 0 Å². The molecule has 0 aliphatic rings. The molecule has 0 aliphatic carbocycles. The molecule has 0 aromatic carbocycles. The van der Waals surface area contributed by atoms with E-state index in [1.54, 1.807) is 0 Å². The molecular weight excluding hydrogens is 292 g/mol. The zero-order chi connectivity index (χ0) is 16.6. The van der Waals surface area contributed by atoms with Crippen molar-refractivity contribution in [2.75, 3.05) is 6.61 Å².